The minimum atomic E-state index is 0.164. The van der Waals surface area contributed by atoms with Crippen LogP contribution in [0.1, 0.15) is 31.9 Å². The molecule has 1 aromatic carbocycles. The first-order valence-electron chi connectivity index (χ1n) is 6.24. The van der Waals surface area contributed by atoms with Gasteiger partial charge in [0, 0.05) is 19.2 Å². The molecule has 1 rings (SSSR count). The number of hydrogen-bond donors (Lipinski definition) is 2. The Morgan fingerprint density at radius 3 is 2.61 bits per heavy atom. The lowest BCUT2D eigenvalue weighted by Crippen LogP contribution is -2.34. The van der Waals surface area contributed by atoms with E-state index in [2.05, 4.69) is 19.2 Å². The van der Waals surface area contributed by atoms with Crippen LogP contribution in [-0.2, 0) is 4.74 Å². The van der Waals surface area contributed by atoms with E-state index < -0.39 is 0 Å². The normalized spacial score (nSPS) is 14.2. The summed E-state index contributed by atoms with van der Waals surface area (Å²) < 4.78 is 10.3. The van der Waals surface area contributed by atoms with E-state index in [0.29, 0.717) is 18.4 Å². The molecule has 0 heterocycles. The molecule has 0 aliphatic heterocycles. The zero-order chi connectivity index (χ0) is 13.5. The smallest absolute Gasteiger partial charge is 0.160 e. The lowest BCUT2D eigenvalue weighted by Gasteiger charge is -2.22. The van der Waals surface area contributed by atoms with Crippen molar-refractivity contribution in [2.24, 2.45) is 0 Å². The van der Waals surface area contributed by atoms with Crippen LogP contribution in [0, 0.1) is 0 Å². The molecule has 4 heteroatoms. The summed E-state index contributed by atoms with van der Waals surface area (Å²) in [4.78, 5) is 0. The van der Waals surface area contributed by atoms with Gasteiger partial charge in [-0.1, -0.05) is 13.0 Å². The molecule has 0 fully saturated rings. The number of phenols is 1. The van der Waals surface area contributed by atoms with Gasteiger partial charge in [0.05, 0.1) is 13.7 Å². The summed E-state index contributed by atoms with van der Waals surface area (Å²) in [6.07, 6.45) is 1.01. The third-order valence-corrected chi connectivity index (χ3v) is 3.05. The van der Waals surface area contributed by atoms with Gasteiger partial charge in [0.2, 0.25) is 0 Å². The molecule has 0 saturated heterocycles. The summed E-state index contributed by atoms with van der Waals surface area (Å²) in [5, 5.41) is 13.1. The van der Waals surface area contributed by atoms with Crippen molar-refractivity contribution in [3.8, 4) is 11.5 Å². The van der Waals surface area contributed by atoms with Crippen molar-refractivity contribution in [2.45, 2.75) is 32.4 Å². The number of ether oxygens (including phenoxy) is 2. The zero-order valence-corrected chi connectivity index (χ0v) is 11.6. The van der Waals surface area contributed by atoms with E-state index in [1.807, 2.05) is 12.1 Å². The summed E-state index contributed by atoms with van der Waals surface area (Å²) in [6, 6.07) is 5.91. The molecule has 0 radical (unpaired) electrons. The van der Waals surface area contributed by atoms with Gasteiger partial charge in [-0.2, -0.15) is 0 Å². The van der Waals surface area contributed by atoms with Gasteiger partial charge in [-0.3, -0.25) is 0 Å². The third-order valence-electron chi connectivity index (χ3n) is 3.05. The van der Waals surface area contributed by atoms with Crippen molar-refractivity contribution in [2.75, 3.05) is 20.8 Å². The highest BCUT2D eigenvalue weighted by molar-refractivity contribution is 5.42. The number of methoxy groups -OCH3 is 2. The van der Waals surface area contributed by atoms with Gasteiger partial charge < -0.3 is 19.9 Å². The van der Waals surface area contributed by atoms with E-state index in [-0.39, 0.29) is 11.8 Å². The minimum Gasteiger partial charge on any atom is -0.504 e. The second-order valence-corrected chi connectivity index (χ2v) is 4.38. The minimum absolute atomic E-state index is 0.164. The zero-order valence-electron chi connectivity index (χ0n) is 11.6. The molecule has 18 heavy (non-hydrogen) atoms. The molecule has 102 valence electrons. The second kappa shape index (κ2) is 7.24. The topological polar surface area (TPSA) is 50.7 Å². The Morgan fingerprint density at radius 2 is 2.06 bits per heavy atom. The maximum Gasteiger partial charge on any atom is 0.160 e. The predicted molar refractivity (Wildman–Crippen MR) is 72.2 cm³/mol. The lowest BCUT2D eigenvalue weighted by molar-refractivity contribution is 0.159. The van der Waals surface area contributed by atoms with E-state index >= 15 is 0 Å². The SMILES string of the molecule is CCC(COC)NC(C)c1ccc(O)c(OC)c1. The van der Waals surface area contributed by atoms with Crippen LogP contribution in [-0.4, -0.2) is 32.0 Å². The van der Waals surface area contributed by atoms with Gasteiger partial charge in [-0.25, -0.2) is 0 Å². The van der Waals surface area contributed by atoms with Gasteiger partial charge in [-0.15, -0.1) is 0 Å². The molecule has 4 nitrogen and oxygen atoms in total. The summed E-state index contributed by atoms with van der Waals surface area (Å²) in [5.41, 5.74) is 1.08. The fourth-order valence-electron chi connectivity index (χ4n) is 1.90. The van der Waals surface area contributed by atoms with Gasteiger partial charge in [-0.05, 0) is 31.0 Å². The monoisotopic (exact) mass is 253 g/mol. The van der Waals surface area contributed by atoms with Gasteiger partial charge in [0.25, 0.3) is 0 Å². The highest BCUT2D eigenvalue weighted by Gasteiger charge is 2.13. The van der Waals surface area contributed by atoms with Crippen LogP contribution in [0.15, 0.2) is 18.2 Å². The molecule has 0 aromatic heterocycles. The highest BCUT2D eigenvalue weighted by atomic mass is 16.5. The van der Waals surface area contributed by atoms with Crippen molar-refractivity contribution >= 4 is 0 Å². The van der Waals surface area contributed by atoms with Crippen LogP contribution in [0.4, 0.5) is 0 Å². The Labute approximate surface area is 109 Å². The number of hydrogen-bond acceptors (Lipinski definition) is 4. The summed E-state index contributed by atoms with van der Waals surface area (Å²) in [7, 11) is 3.26. The standard InChI is InChI=1S/C14H23NO3/c1-5-12(9-17-3)15-10(2)11-6-7-13(16)14(8-11)18-4/h6-8,10,12,15-16H,5,9H2,1-4H3. The third kappa shape index (κ3) is 3.89. The van der Waals surface area contributed by atoms with Gasteiger partial charge >= 0.3 is 0 Å². The molecule has 1 aromatic rings. The number of nitrogens with one attached hydrogen (secondary N) is 1. The van der Waals surface area contributed by atoms with Crippen molar-refractivity contribution in [1.29, 1.82) is 0 Å². The quantitative estimate of drug-likeness (QED) is 0.784. The van der Waals surface area contributed by atoms with Crippen molar-refractivity contribution in [3.63, 3.8) is 0 Å². The molecule has 0 spiro atoms. The van der Waals surface area contributed by atoms with Gasteiger partial charge in [0.1, 0.15) is 0 Å². The number of benzene rings is 1. The Balaban J connectivity index is 2.74. The first-order chi connectivity index (χ1) is 8.62. The summed E-state index contributed by atoms with van der Waals surface area (Å²) in [6.45, 7) is 4.90. The first kappa shape index (κ1) is 14.8. The Kier molecular flexibility index (Phi) is 5.95. The molecule has 0 bridgehead atoms. The molecular formula is C14H23NO3. The highest BCUT2D eigenvalue weighted by Crippen LogP contribution is 2.28. The molecule has 2 unspecified atom stereocenters. The van der Waals surface area contributed by atoms with Gasteiger partial charge in [0.15, 0.2) is 11.5 Å². The molecule has 0 aliphatic rings. The number of rotatable bonds is 7. The Hall–Kier alpha value is -1.26. The maximum absolute atomic E-state index is 9.56. The summed E-state index contributed by atoms with van der Waals surface area (Å²) in [5.74, 6) is 0.665. The predicted octanol–water partition coefficient (Wildman–Crippen LogP) is 2.48. The molecular weight excluding hydrogens is 230 g/mol. The maximum atomic E-state index is 9.56. The fraction of sp³-hybridized carbons (Fsp3) is 0.571. The fourth-order valence-corrected chi connectivity index (χ4v) is 1.90. The van der Waals surface area contributed by atoms with E-state index in [0.717, 1.165) is 12.0 Å². The average Bonchev–Trinajstić information content (AvgIpc) is 2.38. The summed E-state index contributed by atoms with van der Waals surface area (Å²) >= 11 is 0. The van der Waals surface area contributed by atoms with E-state index in [1.165, 1.54) is 0 Å². The van der Waals surface area contributed by atoms with E-state index in [1.54, 1.807) is 20.3 Å². The molecule has 2 atom stereocenters. The van der Waals surface area contributed by atoms with Crippen LogP contribution in [0.5, 0.6) is 11.5 Å². The van der Waals surface area contributed by atoms with Crippen LogP contribution in [0.3, 0.4) is 0 Å². The average molecular weight is 253 g/mol. The van der Waals surface area contributed by atoms with Crippen LogP contribution in [0.2, 0.25) is 0 Å². The Bertz CT molecular complexity index is 368. The lowest BCUT2D eigenvalue weighted by atomic mass is 10.1. The largest absolute Gasteiger partial charge is 0.504 e. The Morgan fingerprint density at radius 1 is 1.33 bits per heavy atom. The van der Waals surface area contributed by atoms with Crippen LogP contribution in [0.25, 0.3) is 0 Å². The molecule has 2 N–H and O–H groups in total. The van der Waals surface area contributed by atoms with Crippen LogP contribution < -0.4 is 10.1 Å². The number of phenolic OH excluding ortho intramolecular Hbond substituents is 1. The first-order valence-corrected chi connectivity index (χ1v) is 6.24. The second-order valence-electron chi connectivity index (χ2n) is 4.38. The van der Waals surface area contributed by atoms with Crippen molar-refractivity contribution < 1.29 is 14.6 Å². The molecule has 0 aliphatic carbocycles. The van der Waals surface area contributed by atoms with Crippen molar-refractivity contribution in [1.82, 2.24) is 5.32 Å². The van der Waals surface area contributed by atoms with E-state index in [4.69, 9.17) is 9.47 Å². The van der Waals surface area contributed by atoms with Crippen molar-refractivity contribution in [3.05, 3.63) is 23.8 Å². The molecule has 0 amide bonds. The van der Waals surface area contributed by atoms with E-state index in [9.17, 15) is 5.11 Å². The molecule has 0 saturated carbocycles. The number of aromatic hydroxyl groups is 1. The van der Waals surface area contributed by atoms with Crippen LogP contribution >= 0.6 is 0 Å².